The summed E-state index contributed by atoms with van der Waals surface area (Å²) in [5, 5.41) is 0.452. The summed E-state index contributed by atoms with van der Waals surface area (Å²) in [5.74, 6) is 0.228. The minimum Gasteiger partial charge on any atom is -0.497 e. The molecule has 5 nitrogen and oxygen atoms in total. The molecule has 134 valence electrons. The topological polar surface area (TPSA) is 65.7 Å². The first-order valence-electron chi connectivity index (χ1n) is 8.25. The average Bonchev–Trinajstić information content (AvgIpc) is 2.66. The third kappa shape index (κ3) is 3.20. The zero-order chi connectivity index (χ0) is 18.8. The van der Waals surface area contributed by atoms with E-state index in [1.165, 1.54) is 13.2 Å². The average molecular weight is 352 g/mol. The molecular weight excluding hydrogens is 332 g/mol. The lowest BCUT2D eigenvalue weighted by molar-refractivity contribution is -0.141. The Hall–Kier alpha value is -3.08. The normalized spacial score (nSPS) is 12.0. The Kier molecular flexibility index (Phi) is 4.80. The molecule has 1 unspecified atom stereocenters. The number of hydrogen-bond acceptors (Lipinski definition) is 5. The molecule has 0 aliphatic heterocycles. The molecule has 3 aromatic rings. The van der Waals surface area contributed by atoms with Gasteiger partial charge in [-0.25, -0.2) is 0 Å². The molecule has 0 aliphatic carbocycles. The van der Waals surface area contributed by atoms with Gasteiger partial charge in [0.1, 0.15) is 17.1 Å². The van der Waals surface area contributed by atoms with E-state index in [2.05, 4.69) is 0 Å². The van der Waals surface area contributed by atoms with Crippen LogP contribution in [0.3, 0.4) is 0 Å². The standard InChI is InChI=1S/C21H20O5/c1-12-9-16(13(2)21(23)25-4)20-17(10-12)18(22)11-19(26-20)14-5-7-15(24-3)8-6-14/h5-11,13H,1-4H3. The van der Waals surface area contributed by atoms with E-state index in [4.69, 9.17) is 13.9 Å². The van der Waals surface area contributed by atoms with Gasteiger partial charge in [-0.05, 0) is 49.7 Å². The number of fused-ring (bicyclic) bond motifs is 1. The largest absolute Gasteiger partial charge is 0.497 e. The molecule has 1 heterocycles. The van der Waals surface area contributed by atoms with Crippen molar-refractivity contribution < 1.29 is 18.7 Å². The molecule has 2 aromatic carbocycles. The van der Waals surface area contributed by atoms with Gasteiger partial charge in [0.2, 0.25) is 0 Å². The summed E-state index contributed by atoms with van der Waals surface area (Å²) in [7, 11) is 2.93. The third-order valence-electron chi connectivity index (χ3n) is 4.40. The van der Waals surface area contributed by atoms with Crippen LogP contribution in [0, 0.1) is 6.92 Å². The van der Waals surface area contributed by atoms with Crippen LogP contribution in [-0.2, 0) is 9.53 Å². The number of aryl methyl sites for hydroxylation is 1. The Morgan fingerprint density at radius 3 is 2.38 bits per heavy atom. The van der Waals surface area contributed by atoms with Crippen molar-refractivity contribution in [1.82, 2.24) is 0 Å². The third-order valence-corrected chi connectivity index (χ3v) is 4.40. The lowest BCUT2D eigenvalue weighted by Gasteiger charge is -2.14. The monoisotopic (exact) mass is 352 g/mol. The van der Waals surface area contributed by atoms with Gasteiger partial charge in [0.25, 0.3) is 0 Å². The zero-order valence-electron chi connectivity index (χ0n) is 15.2. The summed E-state index contributed by atoms with van der Waals surface area (Å²) in [6, 6.07) is 12.3. The highest BCUT2D eigenvalue weighted by Gasteiger charge is 2.21. The number of methoxy groups -OCH3 is 2. The summed E-state index contributed by atoms with van der Waals surface area (Å²) >= 11 is 0. The number of esters is 1. The zero-order valence-corrected chi connectivity index (χ0v) is 15.2. The summed E-state index contributed by atoms with van der Waals surface area (Å²) in [5.41, 5.74) is 2.53. The molecule has 3 rings (SSSR count). The second-order valence-corrected chi connectivity index (χ2v) is 6.18. The minimum atomic E-state index is -0.545. The molecule has 26 heavy (non-hydrogen) atoms. The maximum absolute atomic E-state index is 12.7. The summed E-state index contributed by atoms with van der Waals surface area (Å²) in [6.07, 6.45) is 0. The van der Waals surface area contributed by atoms with Crippen molar-refractivity contribution in [1.29, 1.82) is 0 Å². The van der Waals surface area contributed by atoms with Gasteiger partial charge in [0.05, 0.1) is 25.5 Å². The first-order valence-corrected chi connectivity index (χ1v) is 8.25. The van der Waals surface area contributed by atoms with Crippen molar-refractivity contribution >= 4 is 16.9 Å². The fourth-order valence-corrected chi connectivity index (χ4v) is 2.96. The van der Waals surface area contributed by atoms with Crippen LogP contribution in [0.5, 0.6) is 5.75 Å². The van der Waals surface area contributed by atoms with Crippen LogP contribution < -0.4 is 10.2 Å². The lowest BCUT2D eigenvalue weighted by Crippen LogP contribution is -2.13. The van der Waals surface area contributed by atoms with E-state index in [0.717, 1.165) is 11.1 Å². The van der Waals surface area contributed by atoms with Crippen LogP contribution >= 0.6 is 0 Å². The first-order chi connectivity index (χ1) is 12.4. The van der Waals surface area contributed by atoms with Crippen molar-refractivity contribution in [3.63, 3.8) is 0 Å². The number of carbonyl (C=O) groups excluding carboxylic acids is 1. The highest BCUT2D eigenvalue weighted by molar-refractivity contribution is 5.88. The van der Waals surface area contributed by atoms with Crippen LogP contribution in [0.4, 0.5) is 0 Å². The predicted molar refractivity (Wildman–Crippen MR) is 99.6 cm³/mol. The van der Waals surface area contributed by atoms with Crippen molar-refractivity contribution in [2.75, 3.05) is 14.2 Å². The molecule has 1 atom stereocenters. The Balaban J connectivity index is 2.24. The van der Waals surface area contributed by atoms with E-state index in [1.54, 1.807) is 32.2 Å². The van der Waals surface area contributed by atoms with Gasteiger partial charge in [-0.2, -0.15) is 0 Å². The molecule has 0 amide bonds. The molecule has 1 aromatic heterocycles. The van der Waals surface area contributed by atoms with Crippen molar-refractivity contribution in [2.45, 2.75) is 19.8 Å². The number of benzene rings is 2. The number of rotatable bonds is 4. The number of hydrogen-bond donors (Lipinski definition) is 0. The molecular formula is C21H20O5. The lowest BCUT2D eigenvalue weighted by atomic mass is 9.96. The van der Waals surface area contributed by atoms with Crippen LogP contribution in [-0.4, -0.2) is 20.2 Å². The summed E-state index contributed by atoms with van der Waals surface area (Å²) in [4.78, 5) is 24.7. The highest BCUT2D eigenvalue weighted by Crippen LogP contribution is 2.30. The molecule has 0 N–H and O–H groups in total. The summed E-state index contributed by atoms with van der Waals surface area (Å²) in [6.45, 7) is 3.61. The van der Waals surface area contributed by atoms with Crippen LogP contribution in [0.1, 0.15) is 24.0 Å². The van der Waals surface area contributed by atoms with Crippen molar-refractivity contribution in [3.8, 4) is 17.1 Å². The van der Waals surface area contributed by atoms with Crippen LogP contribution in [0.25, 0.3) is 22.3 Å². The minimum absolute atomic E-state index is 0.154. The van der Waals surface area contributed by atoms with Gasteiger partial charge in [0.15, 0.2) is 5.43 Å². The predicted octanol–water partition coefficient (Wildman–Crippen LogP) is 4.05. The van der Waals surface area contributed by atoms with E-state index in [1.807, 2.05) is 25.1 Å². The fourth-order valence-electron chi connectivity index (χ4n) is 2.96. The Labute approximate surface area is 151 Å². The molecule has 0 saturated heterocycles. The highest BCUT2D eigenvalue weighted by atomic mass is 16.5. The first kappa shape index (κ1) is 17.7. The second-order valence-electron chi connectivity index (χ2n) is 6.18. The molecule has 0 bridgehead atoms. The SMILES string of the molecule is COC(=O)C(C)c1cc(C)cc2c(=O)cc(-c3ccc(OC)cc3)oc12. The van der Waals surface area contributed by atoms with E-state index in [-0.39, 0.29) is 11.4 Å². The Morgan fingerprint density at radius 1 is 1.08 bits per heavy atom. The molecule has 5 heteroatoms. The van der Waals surface area contributed by atoms with Gasteiger partial charge < -0.3 is 13.9 Å². The molecule has 0 saturated carbocycles. The van der Waals surface area contributed by atoms with Gasteiger partial charge in [-0.15, -0.1) is 0 Å². The van der Waals surface area contributed by atoms with Gasteiger partial charge in [-0.3, -0.25) is 9.59 Å². The smallest absolute Gasteiger partial charge is 0.312 e. The second kappa shape index (κ2) is 7.04. The van der Waals surface area contributed by atoms with E-state index in [0.29, 0.717) is 28.0 Å². The van der Waals surface area contributed by atoms with E-state index < -0.39 is 5.92 Å². The molecule has 0 aliphatic rings. The fraction of sp³-hybridized carbons (Fsp3) is 0.238. The molecule has 0 fully saturated rings. The van der Waals surface area contributed by atoms with Gasteiger partial charge in [0, 0.05) is 17.2 Å². The quantitative estimate of drug-likeness (QED) is 0.663. The Morgan fingerprint density at radius 2 is 1.77 bits per heavy atom. The summed E-state index contributed by atoms with van der Waals surface area (Å²) < 4.78 is 16.1. The molecule has 0 spiro atoms. The van der Waals surface area contributed by atoms with E-state index in [9.17, 15) is 9.59 Å². The number of ether oxygens (including phenoxy) is 2. The van der Waals surface area contributed by atoms with Gasteiger partial charge >= 0.3 is 5.97 Å². The van der Waals surface area contributed by atoms with Crippen molar-refractivity contribution in [2.24, 2.45) is 0 Å². The van der Waals surface area contributed by atoms with Crippen LogP contribution in [0.15, 0.2) is 51.7 Å². The van der Waals surface area contributed by atoms with E-state index >= 15 is 0 Å². The maximum atomic E-state index is 12.7. The van der Waals surface area contributed by atoms with Crippen LogP contribution in [0.2, 0.25) is 0 Å². The van der Waals surface area contributed by atoms with Crippen molar-refractivity contribution in [3.05, 3.63) is 63.8 Å². The van der Waals surface area contributed by atoms with Gasteiger partial charge in [-0.1, -0.05) is 6.07 Å². The number of carbonyl (C=O) groups is 1. The Bertz CT molecular complexity index is 1010. The molecule has 0 radical (unpaired) electrons. The maximum Gasteiger partial charge on any atom is 0.312 e.